The molecule has 148 valence electrons. The van der Waals surface area contributed by atoms with Gasteiger partial charge in [0.25, 0.3) is 0 Å². The number of amides is 2. The molecule has 0 spiro atoms. The number of carbonyl (C=O) groups is 3. The highest BCUT2D eigenvalue weighted by atomic mass is 16.5. The molecule has 0 atom stereocenters. The Hall–Kier alpha value is -2.45. The van der Waals surface area contributed by atoms with E-state index >= 15 is 0 Å². The first kappa shape index (κ1) is 20.9. The predicted molar refractivity (Wildman–Crippen MR) is 101 cm³/mol. The van der Waals surface area contributed by atoms with Crippen LogP contribution in [0.2, 0.25) is 0 Å². The summed E-state index contributed by atoms with van der Waals surface area (Å²) >= 11 is 0. The van der Waals surface area contributed by atoms with Crippen molar-refractivity contribution < 1.29 is 23.9 Å². The molecule has 27 heavy (non-hydrogen) atoms. The molecule has 1 aliphatic rings. The third kappa shape index (κ3) is 6.65. The van der Waals surface area contributed by atoms with E-state index in [0.717, 1.165) is 19.6 Å². The van der Waals surface area contributed by atoms with E-state index < -0.39 is 5.97 Å². The van der Waals surface area contributed by atoms with Gasteiger partial charge in [-0.05, 0) is 31.2 Å². The van der Waals surface area contributed by atoms with Crippen molar-refractivity contribution in [2.24, 2.45) is 0 Å². The van der Waals surface area contributed by atoms with Crippen molar-refractivity contribution >= 4 is 23.5 Å². The van der Waals surface area contributed by atoms with Crippen LogP contribution >= 0.6 is 0 Å². The van der Waals surface area contributed by atoms with E-state index in [0.29, 0.717) is 37.6 Å². The lowest BCUT2D eigenvalue weighted by Gasteiger charge is -2.26. The number of nitrogens with zero attached hydrogens (tertiary/aromatic N) is 2. The molecule has 1 aliphatic heterocycles. The quantitative estimate of drug-likeness (QED) is 0.670. The first-order chi connectivity index (χ1) is 13.0. The molecule has 8 heteroatoms. The fourth-order valence-electron chi connectivity index (χ4n) is 2.75. The Labute approximate surface area is 159 Å². The minimum atomic E-state index is -0.417. The Morgan fingerprint density at radius 2 is 1.85 bits per heavy atom. The molecule has 1 N–H and O–H groups in total. The molecule has 0 unspecified atom stereocenters. The fourth-order valence-corrected chi connectivity index (χ4v) is 2.75. The van der Waals surface area contributed by atoms with Crippen molar-refractivity contribution in [1.29, 1.82) is 0 Å². The van der Waals surface area contributed by atoms with Crippen LogP contribution in [0.25, 0.3) is 0 Å². The number of esters is 1. The van der Waals surface area contributed by atoms with Crippen molar-refractivity contribution in [2.75, 3.05) is 57.4 Å². The maximum Gasteiger partial charge on any atom is 0.338 e. The highest BCUT2D eigenvalue weighted by Gasteiger charge is 2.17. The normalized spacial score (nSPS) is 14.4. The van der Waals surface area contributed by atoms with Gasteiger partial charge in [-0.15, -0.1) is 0 Å². The Morgan fingerprint density at radius 3 is 2.44 bits per heavy atom. The summed E-state index contributed by atoms with van der Waals surface area (Å²) in [5.41, 5.74) is 0.956. The number of hydrogen-bond acceptors (Lipinski definition) is 6. The third-order valence-electron chi connectivity index (χ3n) is 4.23. The second-order valence-corrected chi connectivity index (χ2v) is 6.18. The van der Waals surface area contributed by atoms with Gasteiger partial charge in [-0.25, -0.2) is 4.79 Å². The Morgan fingerprint density at radius 1 is 1.19 bits per heavy atom. The molecule has 1 heterocycles. The van der Waals surface area contributed by atoms with E-state index in [1.165, 1.54) is 11.8 Å². The zero-order chi connectivity index (χ0) is 19.6. The molecule has 0 radical (unpaired) electrons. The van der Waals surface area contributed by atoms with Crippen molar-refractivity contribution in [3.63, 3.8) is 0 Å². The number of carbonyl (C=O) groups excluding carboxylic acids is 3. The first-order valence-electron chi connectivity index (χ1n) is 9.13. The number of benzene rings is 1. The second-order valence-electron chi connectivity index (χ2n) is 6.18. The summed E-state index contributed by atoms with van der Waals surface area (Å²) in [6.07, 6.45) is 0. The monoisotopic (exact) mass is 377 g/mol. The average Bonchev–Trinajstić information content (AvgIpc) is 2.67. The largest absolute Gasteiger partial charge is 0.462 e. The van der Waals surface area contributed by atoms with Gasteiger partial charge in [0.2, 0.25) is 11.8 Å². The summed E-state index contributed by atoms with van der Waals surface area (Å²) in [5, 5.41) is 2.84. The van der Waals surface area contributed by atoms with Crippen LogP contribution in [0.1, 0.15) is 24.2 Å². The number of morpholine rings is 1. The SMILES string of the molecule is CCOC(=O)c1ccc(N(CC(=O)NCCN2CCOCC2)C(C)=O)cc1. The van der Waals surface area contributed by atoms with Crippen LogP contribution in [0.3, 0.4) is 0 Å². The van der Waals surface area contributed by atoms with Gasteiger partial charge in [0.05, 0.1) is 25.4 Å². The van der Waals surface area contributed by atoms with Gasteiger partial charge in [-0.1, -0.05) is 0 Å². The van der Waals surface area contributed by atoms with Gasteiger partial charge in [0, 0.05) is 38.8 Å². The molecule has 8 nitrogen and oxygen atoms in total. The minimum Gasteiger partial charge on any atom is -0.462 e. The molecule has 0 saturated carbocycles. The summed E-state index contributed by atoms with van der Waals surface area (Å²) in [5.74, 6) is -0.894. The minimum absolute atomic E-state index is 0.0722. The number of anilines is 1. The summed E-state index contributed by atoms with van der Waals surface area (Å²) in [6, 6.07) is 6.43. The molecular formula is C19H27N3O5. The van der Waals surface area contributed by atoms with Crippen LogP contribution in [-0.4, -0.2) is 75.2 Å². The molecule has 2 amide bonds. The maximum atomic E-state index is 12.2. The lowest BCUT2D eigenvalue weighted by Crippen LogP contribution is -2.44. The molecule has 1 aromatic rings. The van der Waals surface area contributed by atoms with E-state index in [4.69, 9.17) is 9.47 Å². The smallest absolute Gasteiger partial charge is 0.338 e. The van der Waals surface area contributed by atoms with Crippen LogP contribution < -0.4 is 10.2 Å². The molecule has 1 aromatic carbocycles. The lowest BCUT2D eigenvalue weighted by molar-refractivity contribution is -0.123. The van der Waals surface area contributed by atoms with E-state index in [9.17, 15) is 14.4 Å². The maximum absolute atomic E-state index is 12.2. The molecule has 0 aliphatic carbocycles. The molecular weight excluding hydrogens is 350 g/mol. The Kier molecular flexibility index (Phi) is 8.22. The summed E-state index contributed by atoms with van der Waals surface area (Å²) in [7, 11) is 0. The highest BCUT2D eigenvalue weighted by molar-refractivity contribution is 5.98. The van der Waals surface area contributed by atoms with Crippen LogP contribution in [0, 0.1) is 0 Å². The van der Waals surface area contributed by atoms with Gasteiger partial charge in [0.15, 0.2) is 0 Å². The van der Waals surface area contributed by atoms with Crippen molar-refractivity contribution in [3.05, 3.63) is 29.8 Å². The van der Waals surface area contributed by atoms with E-state index in [2.05, 4.69) is 10.2 Å². The van der Waals surface area contributed by atoms with Crippen molar-refractivity contribution in [2.45, 2.75) is 13.8 Å². The van der Waals surface area contributed by atoms with Crippen LogP contribution in [0.5, 0.6) is 0 Å². The van der Waals surface area contributed by atoms with E-state index in [1.807, 2.05) is 0 Å². The van der Waals surface area contributed by atoms with Crippen LogP contribution in [-0.2, 0) is 19.1 Å². The lowest BCUT2D eigenvalue weighted by atomic mass is 10.2. The number of hydrogen-bond donors (Lipinski definition) is 1. The molecule has 2 rings (SSSR count). The van der Waals surface area contributed by atoms with Gasteiger partial charge < -0.3 is 19.7 Å². The summed E-state index contributed by atoms with van der Waals surface area (Å²) in [6.45, 7) is 7.80. The molecule has 0 bridgehead atoms. The summed E-state index contributed by atoms with van der Waals surface area (Å²) in [4.78, 5) is 39.5. The van der Waals surface area contributed by atoms with Crippen LogP contribution in [0.15, 0.2) is 24.3 Å². The van der Waals surface area contributed by atoms with Crippen LogP contribution in [0.4, 0.5) is 5.69 Å². The number of rotatable bonds is 8. The second kappa shape index (κ2) is 10.6. The zero-order valence-corrected chi connectivity index (χ0v) is 15.9. The highest BCUT2D eigenvalue weighted by Crippen LogP contribution is 2.16. The van der Waals surface area contributed by atoms with Gasteiger partial charge in [0.1, 0.15) is 6.54 Å². The summed E-state index contributed by atoms with van der Waals surface area (Å²) < 4.78 is 10.2. The van der Waals surface area contributed by atoms with Crippen molar-refractivity contribution in [3.8, 4) is 0 Å². The first-order valence-corrected chi connectivity index (χ1v) is 9.13. The Bertz CT molecular complexity index is 641. The van der Waals surface area contributed by atoms with Gasteiger partial charge in [-0.3, -0.25) is 14.5 Å². The molecule has 0 aromatic heterocycles. The average molecular weight is 377 g/mol. The van der Waals surface area contributed by atoms with Crippen molar-refractivity contribution in [1.82, 2.24) is 10.2 Å². The Balaban J connectivity index is 1.87. The topological polar surface area (TPSA) is 88.2 Å². The van der Waals surface area contributed by atoms with E-state index in [-0.39, 0.29) is 18.4 Å². The number of ether oxygens (including phenoxy) is 2. The zero-order valence-electron chi connectivity index (χ0n) is 15.9. The van der Waals surface area contributed by atoms with E-state index in [1.54, 1.807) is 31.2 Å². The number of nitrogens with one attached hydrogen (secondary N) is 1. The standard InChI is InChI=1S/C19H27N3O5/c1-3-27-19(25)16-4-6-17(7-5-16)22(15(2)23)14-18(24)20-8-9-21-10-12-26-13-11-21/h4-7H,3,8-14H2,1-2H3,(H,20,24). The molecule has 1 fully saturated rings. The van der Waals surface area contributed by atoms with Gasteiger partial charge >= 0.3 is 5.97 Å². The fraction of sp³-hybridized carbons (Fsp3) is 0.526. The third-order valence-corrected chi connectivity index (χ3v) is 4.23. The molecule has 1 saturated heterocycles. The predicted octanol–water partition coefficient (Wildman–Crippen LogP) is 0.665. The van der Waals surface area contributed by atoms with Gasteiger partial charge in [-0.2, -0.15) is 0 Å².